The summed E-state index contributed by atoms with van der Waals surface area (Å²) in [6.07, 6.45) is 1.77. The molecule has 6 nitrogen and oxygen atoms in total. The average Bonchev–Trinajstić information content (AvgIpc) is 3.32. The number of carbonyl (C=O) groups excluding carboxylic acids is 1. The van der Waals surface area contributed by atoms with E-state index < -0.39 is 0 Å². The molecular weight excluding hydrogens is 460 g/mol. The molecule has 0 fully saturated rings. The molecule has 0 saturated carbocycles. The first-order chi connectivity index (χ1) is 18.1. The Morgan fingerprint density at radius 2 is 1.59 bits per heavy atom. The number of nitrogens with zero attached hydrogens (tertiary/aromatic N) is 3. The van der Waals surface area contributed by atoms with Gasteiger partial charge in [0, 0.05) is 17.7 Å². The van der Waals surface area contributed by atoms with E-state index in [4.69, 9.17) is 14.8 Å². The normalized spacial score (nSPS) is 11.8. The lowest BCUT2D eigenvalue weighted by atomic mass is 10.1. The number of hydrogen-bond acceptors (Lipinski definition) is 4. The van der Waals surface area contributed by atoms with Gasteiger partial charge < -0.3 is 10.1 Å². The van der Waals surface area contributed by atoms with Gasteiger partial charge in [0.2, 0.25) is 5.88 Å². The van der Waals surface area contributed by atoms with Crippen LogP contribution in [0.2, 0.25) is 0 Å². The third-order valence-corrected chi connectivity index (χ3v) is 6.33. The smallest absolute Gasteiger partial charge is 0.258 e. The van der Waals surface area contributed by atoms with Crippen molar-refractivity contribution >= 4 is 16.9 Å². The van der Waals surface area contributed by atoms with Gasteiger partial charge in [0.05, 0.1) is 11.1 Å². The van der Waals surface area contributed by atoms with E-state index in [-0.39, 0.29) is 18.6 Å². The minimum absolute atomic E-state index is 0.0430. The maximum Gasteiger partial charge on any atom is 0.258 e. The molecule has 5 rings (SSSR count). The van der Waals surface area contributed by atoms with Crippen molar-refractivity contribution in [1.82, 2.24) is 20.1 Å². The van der Waals surface area contributed by atoms with Crippen molar-refractivity contribution in [2.24, 2.45) is 0 Å². The van der Waals surface area contributed by atoms with Gasteiger partial charge in [-0.1, -0.05) is 78.9 Å². The number of nitrogens with one attached hydrogen (secondary N) is 1. The molecule has 37 heavy (non-hydrogen) atoms. The van der Waals surface area contributed by atoms with Crippen LogP contribution in [0.5, 0.6) is 5.88 Å². The lowest BCUT2D eigenvalue weighted by molar-refractivity contribution is -0.123. The summed E-state index contributed by atoms with van der Waals surface area (Å²) in [5, 5.41) is 8.92. The second kappa shape index (κ2) is 11.1. The Kier molecular flexibility index (Phi) is 7.26. The molecule has 2 aromatic heterocycles. The van der Waals surface area contributed by atoms with Crippen molar-refractivity contribution in [3.8, 4) is 22.8 Å². The Hall–Kier alpha value is -4.45. The van der Waals surface area contributed by atoms with E-state index >= 15 is 0 Å². The molecule has 0 saturated heterocycles. The van der Waals surface area contributed by atoms with Crippen LogP contribution in [0, 0.1) is 6.92 Å². The number of ether oxygens (including phenoxy) is 1. The van der Waals surface area contributed by atoms with Crippen LogP contribution in [0.4, 0.5) is 0 Å². The van der Waals surface area contributed by atoms with Gasteiger partial charge in [-0.25, -0.2) is 4.68 Å². The fraction of sp³-hybridized carbons (Fsp3) is 0.194. The maximum absolute atomic E-state index is 12.6. The number of aromatic nitrogens is 3. The number of amides is 1. The standard InChI is InChI=1S/C31H30N4O2/c1-22-20-28(37-21-27(36)32-23(2)18-19-24-12-6-3-7-13-24)33-31-29(22)30(25-14-8-4-9-15-25)34-35(31)26-16-10-5-11-17-26/h3-17,20,23H,18-19,21H2,1-2H3,(H,32,36). The highest BCUT2D eigenvalue weighted by Gasteiger charge is 2.19. The van der Waals surface area contributed by atoms with Gasteiger partial charge in [-0.3, -0.25) is 4.79 Å². The molecule has 1 atom stereocenters. The largest absolute Gasteiger partial charge is 0.468 e. The lowest BCUT2D eigenvalue weighted by Crippen LogP contribution is -2.36. The maximum atomic E-state index is 12.6. The highest BCUT2D eigenvalue weighted by Crippen LogP contribution is 2.33. The number of rotatable bonds is 9. The molecule has 0 radical (unpaired) electrons. The van der Waals surface area contributed by atoms with Gasteiger partial charge >= 0.3 is 0 Å². The van der Waals surface area contributed by atoms with Crippen molar-refractivity contribution < 1.29 is 9.53 Å². The predicted octanol–water partition coefficient (Wildman–Crippen LogP) is 5.91. The number of para-hydroxylation sites is 1. The summed E-state index contributed by atoms with van der Waals surface area (Å²) < 4.78 is 7.70. The zero-order chi connectivity index (χ0) is 25.6. The zero-order valence-electron chi connectivity index (χ0n) is 21.1. The van der Waals surface area contributed by atoms with E-state index in [0.29, 0.717) is 11.5 Å². The fourth-order valence-electron chi connectivity index (χ4n) is 4.45. The zero-order valence-corrected chi connectivity index (χ0v) is 21.1. The van der Waals surface area contributed by atoms with Gasteiger partial charge in [0.1, 0.15) is 5.69 Å². The number of carbonyl (C=O) groups is 1. The van der Waals surface area contributed by atoms with Gasteiger partial charge in [0.25, 0.3) is 5.91 Å². The van der Waals surface area contributed by atoms with E-state index in [1.54, 1.807) is 0 Å². The summed E-state index contributed by atoms with van der Waals surface area (Å²) in [4.78, 5) is 17.4. The summed E-state index contributed by atoms with van der Waals surface area (Å²) in [6, 6.07) is 32.2. The molecule has 3 aromatic carbocycles. The first-order valence-electron chi connectivity index (χ1n) is 12.6. The van der Waals surface area contributed by atoms with E-state index in [1.165, 1.54) is 5.56 Å². The average molecular weight is 491 g/mol. The number of pyridine rings is 1. The summed E-state index contributed by atoms with van der Waals surface area (Å²) in [7, 11) is 0. The minimum atomic E-state index is -0.165. The molecule has 1 amide bonds. The second-order valence-electron chi connectivity index (χ2n) is 9.22. The lowest BCUT2D eigenvalue weighted by Gasteiger charge is -2.14. The minimum Gasteiger partial charge on any atom is -0.468 e. The van der Waals surface area contributed by atoms with Gasteiger partial charge in [-0.15, -0.1) is 0 Å². The van der Waals surface area contributed by atoms with Gasteiger partial charge in [-0.2, -0.15) is 10.1 Å². The second-order valence-corrected chi connectivity index (χ2v) is 9.22. The van der Waals surface area contributed by atoms with Gasteiger partial charge in [0.15, 0.2) is 12.3 Å². The Balaban J connectivity index is 1.34. The highest BCUT2D eigenvalue weighted by atomic mass is 16.5. The molecule has 0 spiro atoms. The highest BCUT2D eigenvalue weighted by molar-refractivity contribution is 5.95. The van der Waals surface area contributed by atoms with Crippen LogP contribution in [0.1, 0.15) is 24.5 Å². The van der Waals surface area contributed by atoms with E-state index in [1.807, 2.05) is 103 Å². The van der Waals surface area contributed by atoms with Crippen LogP contribution in [0.25, 0.3) is 28.0 Å². The molecule has 1 N–H and O–H groups in total. The topological polar surface area (TPSA) is 69.0 Å². The molecule has 0 bridgehead atoms. The molecule has 186 valence electrons. The molecule has 5 aromatic rings. The molecular formula is C31H30N4O2. The third kappa shape index (κ3) is 5.70. The molecule has 0 aliphatic heterocycles. The van der Waals surface area contributed by atoms with Crippen LogP contribution in [0.3, 0.4) is 0 Å². The van der Waals surface area contributed by atoms with Crippen LogP contribution in [-0.4, -0.2) is 33.3 Å². The number of benzene rings is 3. The fourth-order valence-corrected chi connectivity index (χ4v) is 4.45. The van der Waals surface area contributed by atoms with Crippen LogP contribution in [0.15, 0.2) is 97.1 Å². The van der Waals surface area contributed by atoms with Crippen LogP contribution >= 0.6 is 0 Å². The van der Waals surface area contributed by atoms with Crippen LogP contribution < -0.4 is 10.1 Å². The molecule has 0 aliphatic rings. The summed E-state index contributed by atoms with van der Waals surface area (Å²) in [5.74, 6) is 0.232. The van der Waals surface area contributed by atoms with Gasteiger partial charge in [-0.05, 0) is 49.9 Å². The van der Waals surface area contributed by atoms with E-state index in [9.17, 15) is 4.79 Å². The number of hydrogen-bond donors (Lipinski definition) is 1. The first-order valence-corrected chi connectivity index (χ1v) is 12.6. The Morgan fingerprint density at radius 3 is 2.30 bits per heavy atom. The van der Waals surface area contributed by atoms with Crippen molar-refractivity contribution in [2.45, 2.75) is 32.7 Å². The van der Waals surface area contributed by atoms with Crippen molar-refractivity contribution in [3.63, 3.8) is 0 Å². The van der Waals surface area contributed by atoms with Crippen molar-refractivity contribution in [3.05, 3.63) is 108 Å². The summed E-state index contributed by atoms with van der Waals surface area (Å²) in [6.45, 7) is 3.93. The van der Waals surface area contributed by atoms with E-state index in [2.05, 4.69) is 17.4 Å². The number of aryl methyl sites for hydroxylation is 2. The Labute approximate surface area is 216 Å². The Bertz CT molecular complexity index is 1480. The van der Waals surface area contributed by atoms with Crippen molar-refractivity contribution in [2.75, 3.05) is 6.61 Å². The summed E-state index contributed by atoms with van der Waals surface area (Å²) in [5.41, 5.74) is 5.72. The predicted molar refractivity (Wildman–Crippen MR) is 147 cm³/mol. The summed E-state index contributed by atoms with van der Waals surface area (Å²) >= 11 is 0. The molecule has 0 aliphatic carbocycles. The Morgan fingerprint density at radius 1 is 0.946 bits per heavy atom. The van der Waals surface area contributed by atoms with Crippen LogP contribution in [-0.2, 0) is 11.2 Å². The van der Waals surface area contributed by atoms with E-state index in [0.717, 1.165) is 40.7 Å². The first kappa shape index (κ1) is 24.3. The third-order valence-electron chi connectivity index (χ3n) is 6.33. The number of fused-ring (bicyclic) bond motifs is 1. The SMILES string of the molecule is Cc1cc(OCC(=O)NC(C)CCc2ccccc2)nc2c1c(-c1ccccc1)nn2-c1ccccc1. The molecule has 6 heteroatoms. The molecule has 2 heterocycles. The quantitative estimate of drug-likeness (QED) is 0.279. The van der Waals surface area contributed by atoms with Crippen molar-refractivity contribution in [1.29, 1.82) is 0 Å². The monoisotopic (exact) mass is 490 g/mol. The molecule has 1 unspecified atom stereocenters.